The first kappa shape index (κ1) is 17.7. The summed E-state index contributed by atoms with van der Waals surface area (Å²) in [7, 11) is 1.60. The number of nitrogens with one attached hydrogen (secondary N) is 1. The van der Waals surface area contributed by atoms with Crippen LogP contribution in [0.1, 0.15) is 25.3 Å². The number of urea groups is 1. The van der Waals surface area contributed by atoms with Gasteiger partial charge in [0.05, 0.1) is 33.0 Å². The van der Waals surface area contributed by atoms with Crippen molar-refractivity contribution in [2.75, 3.05) is 20.3 Å². The van der Waals surface area contributed by atoms with E-state index >= 15 is 0 Å². The zero-order valence-electron chi connectivity index (χ0n) is 14.5. The number of imide groups is 1. The first-order chi connectivity index (χ1) is 11.9. The van der Waals surface area contributed by atoms with Gasteiger partial charge in [0.2, 0.25) is 0 Å². The summed E-state index contributed by atoms with van der Waals surface area (Å²) >= 11 is 0. The maximum absolute atomic E-state index is 12.5. The Bertz CT molecular complexity index is 643. The second kappa shape index (κ2) is 7.01. The molecule has 2 N–H and O–H groups in total. The first-order valence-electron chi connectivity index (χ1n) is 8.47. The summed E-state index contributed by atoms with van der Waals surface area (Å²) in [5.74, 6) is 0.715. The van der Waals surface area contributed by atoms with Crippen LogP contribution in [0.2, 0.25) is 0 Å². The SMILES string of the molecule is COc1ccc(COC[C@@H](O)CN2C(=O)N[C@](C)(C3CC3)C2=O)cc1. The maximum Gasteiger partial charge on any atom is 0.325 e. The molecule has 7 heteroatoms. The molecule has 0 unspecified atom stereocenters. The van der Waals surface area contributed by atoms with E-state index in [1.807, 2.05) is 24.3 Å². The van der Waals surface area contributed by atoms with Crippen LogP contribution < -0.4 is 10.1 Å². The number of benzene rings is 1. The van der Waals surface area contributed by atoms with Gasteiger partial charge in [-0.05, 0) is 43.4 Å². The lowest BCUT2D eigenvalue weighted by Crippen LogP contribution is -2.46. The Kier molecular flexibility index (Phi) is 4.96. The normalized spacial score (nSPS) is 24.4. The third-order valence-corrected chi connectivity index (χ3v) is 4.83. The van der Waals surface area contributed by atoms with E-state index in [2.05, 4.69) is 5.32 Å². The molecular weight excluding hydrogens is 324 g/mol. The van der Waals surface area contributed by atoms with Crippen LogP contribution in [0.25, 0.3) is 0 Å². The van der Waals surface area contributed by atoms with E-state index < -0.39 is 17.7 Å². The largest absolute Gasteiger partial charge is 0.497 e. The first-order valence-corrected chi connectivity index (χ1v) is 8.47. The highest BCUT2D eigenvalue weighted by Crippen LogP contribution is 2.42. The molecule has 1 aromatic rings. The highest BCUT2D eigenvalue weighted by molar-refractivity contribution is 6.07. The monoisotopic (exact) mass is 348 g/mol. The number of hydrogen-bond donors (Lipinski definition) is 2. The minimum absolute atomic E-state index is 0.0449. The lowest BCUT2D eigenvalue weighted by Gasteiger charge is -2.22. The highest BCUT2D eigenvalue weighted by atomic mass is 16.5. The zero-order valence-corrected chi connectivity index (χ0v) is 14.5. The van der Waals surface area contributed by atoms with Gasteiger partial charge in [-0.1, -0.05) is 12.1 Å². The number of hydrogen-bond acceptors (Lipinski definition) is 5. The smallest absolute Gasteiger partial charge is 0.325 e. The van der Waals surface area contributed by atoms with Crippen molar-refractivity contribution in [2.45, 2.75) is 38.0 Å². The van der Waals surface area contributed by atoms with Gasteiger partial charge in [-0.25, -0.2) is 4.79 Å². The Morgan fingerprint density at radius 3 is 2.60 bits per heavy atom. The van der Waals surface area contributed by atoms with Gasteiger partial charge in [0.15, 0.2) is 0 Å². The molecule has 25 heavy (non-hydrogen) atoms. The third kappa shape index (κ3) is 3.77. The lowest BCUT2D eigenvalue weighted by molar-refractivity contribution is -0.132. The van der Waals surface area contributed by atoms with Crippen molar-refractivity contribution < 1.29 is 24.2 Å². The molecule has 1 heterocycles. The van der Waals surface area contributed by atoms with Crippen molar-refractivity contribution in [3.8, 4) is 5.75 Å². The van der Waals surface area contributed by atoms with Crippen LogP contribution >= 0.6 is 0 Å². The van der Waals surface area contributed by atoms with Crippen LogP contribution in [0.3, 0.4) is 0 Å². The molecule has 0 radical (unpaired) electrons. The molecule has 136 valence electrons. The van der Waals surface area contributed by atoms with Gasteiger partial charge in [-0.15, -0.1) is 0 Å². The van der Waals surface area contributed by atoms with Crippen LogP contribution in [0.4, 0.5) is 4.79 Å². The van der Waals surface area contributed by atoms with E-state index in [1.54, 1.807) is 14.0 Å². The predicted octanol–water partition coefficient (Wildman–Crippen LogP) is 1.29. The van der Waals surface area contributed by atoms with Crippen molar-refractivity contribution in [1.29, 1.82) is 0 Å². The summed E-state index contributed by atoms with van der Waals surface area (Å²) in [4.78, 5) is 25.6. The van der Waals surface area contributed by atoms with Crippen LogP contribution in [-0.4, -0.2) is 53.8 Å². The minimum Gasteiger partial charge on any atom is -0.497 e. The van der Waals surface area contributed by atoms with Crippen LogP contribution in [0, 0.1) is 5.92 Å². The van der Waals surface area contributed by atoms with Crippen LogP contribution in [-0.2, 0) is 16.1 Å². The molecule has 1 saturated heterocycles. The van der Waals surface area contributed by atoms with E-state index in [-0.39, 0.29) is 25.0 Å². The summed E-state index contributed by atoms with van der Waals surface area (Å²) in [6.07, 6.45) is 0.975. The predicted molar refractivity (Wildman–Crippen MR) is 90.0 cm³/mol. The van der Waals surface area contributed by atoms with Gasteiger partial charge in [0.25, 0.3) is 5.91 Å². The van der Waals surface area contributed by atoms with Crippen molar-refractivity contribution in [3.05, 3.63) is 29.8 Å². The highest BCUT2D eigenvalue weighted by Gasteiger charge is 2.56. The summed E-state index contributed by atoms with van der Waals surface area (Å²) in [6, 6.07) is 6.99. The van der Waals surface area contributed by atoms with Gasteiger partial charge in [0, 0.05) is 0 Å². The fraction of sp³-hybridized carbons (Fsp3) is 0.556. The van der Waals surface area contributed by atoms with Gasteiger partial charge in [-0.3, -0.25) is 9.69 Å². The van der Waals surface area contributed by atoms with Gasteiger partial charge in [0.1, 0.15) is 11.3 Å². The number of carbonyl (C=O) groups is 2. The van der Waals surface area contributed by atoms with Crippen molar-refractivity contribution in [2.24, 2.45) is 5.92 Å². The molecule has 0 aromatic heterocycles. The minimum atomic E-state index is -0.922. The molecule has 3 amide bonds. The Labute approximate surface area is 146 Å². The van der Waals surface area contributed by atoms with Crippen molar-refractivity contribution in [1.82, 2.24) is 10.2 Å². The van der Waals surface area contributed by atoms with E-state index in [0.29, 0.717) is 6.61 Å². The fourth-order valence-corrected chi connectivity index (χ4v) is 3.12. The number of aliphatic hydroxyl groups excluding tert-OH is 1. The number of carbonyl (C=O) groups excluding carboxylic acids is 2. The molecule has 1 aromatic carbocycles. The van der Waals surface area contributed by atoms with E-state index in [0.717, 1.165) is 29.1 Å². The number of amides is 3. The van der Waals surface area contributed by atoms with Crippen molar-refractivity contribution >= 4 is 11.9 Å². The fourth-order valence-electron chi connectivity index (χ4n) is 3.12. The molecule has 2 fully saturated rings. The van der Waals surface area contributed by atoms with Gasteiger partial charge in [-0.2, -0.15) is 0 Å². The Morgan fingerprint density at radius 2 is 2.00 bits per heavy atom. The number of rotatable bonds is 8. The molecule has 0 bridgehead atoms. The molecule has 1 aliphatic heterocycles. The van der Waals surface area contributed by atoms with E-state index in [4.69, 9.17) is 9.47 Å². The Balaban J connectivity index is 1.46. The molecule has 3 rings (SSSR count). The summed E-state index contributed by atoms with van der Waals surface area (Å²) in [6.45, 7) is 2.08. The van der Waals surface area contributed by atoms with E-state index in [9.17, 15) is 14.7 Å². The molecular formula is C18H24N2O5. The standard InChI is InChI=1S/C18H24N2O5/c1-18(13-5-6-13)16(22)20(17(23)19-18)9-14(21)11-25-10-12-3-7-15(24-2)8-4-12/h3-4,7-8,13-14,21H,5-6,9-11H2,1-2H3,(H,19,23)/t14-,18+/m0/s1. The topological polar surface area (TPSA) is 88.1 Å². The van der Waals surface area contributed by atoms with Gasteiger partial charge < -0.3 is 19.9 Å². The van der Waals surface area contributed by atoms with Gasteiger partial charge >= 0.3 is 6.03 Å². The average Bonchev–Trinajstić information content (AvgIpc) is 3.42. The number of nitrogens with zero attached hydrogens (tertiary/aromatic N) is 1. The molecule has 7 nitrogen and oxygen atoms in total. The van der Waals surface area contributed by atoms with Crippen LogP contribution in [0.5, 0.6) is 5.75 Å². The number of β-amino-alcohol motifs (C(OH)–C–C–N with tert-alkyl or cyclic N) is 1. The quantitative estimate of drug-likeness (QED) is 0.691. The summed E-state index contributed by atoms with van der Waals surface area (Å²) in [5.41, 5.74) is 0.130. The molecule has 0 spiro atoms. The van der Waals surface area contributed by atoms with Crippen molar-refractivity contribution in [3.63, 3.8) is 0 Å². The van der Waals surface area contributed by atoms with Crippen LogP contribution in [0.15, 0.2) is 24.3 Å². The Hall–Kier alpha value is -2.12. The summed E-state index contributed by atoms with van der Waals surface area (Å²) < 4.78 is 10.6. The lowest BCUT2D eigenvalue weighted by atomic mass is 9.96. The molecule has 2 atom stereocenters. The number of aliphatic hydroxyl groups is 1. The zero-order chi connectivity index (χ0) is 18.0. The molecule has 1 saturated carbocycles. The van der Waals surface area contributed by atoms with E-state index in [1.165, 1.54) is 0 Å². The number of ether oxygens (including phenoxy) is 2. The second-order valence-electron chi connectivity index (χ2n) is 6.84. The average molecular weight is 348 g/mol. The second-order valence-corrected chi connectivity index (χ2v) is 6.84. The third-order valence-electron chi connectivity index (χ3n) is 4.83. The molecule has 2 aliphatic rings. The Morgan fingerprint density at radius 1 is 1.32 bits per heavy atom. The summed E-state index contributed by atoms with van der Waals surface area (Å²) in [5, 5.41) is 12.9. The number of methoxy groups -OCH3 is 1. The maximum atomic E-state index is 12.5. The molecule has 1 aliphatic carbocycles.